The summed E-state index contributed by atoms with van der Waals surface area (Å²) in [4.78, 5) is 5.10. The van der Waals surface area contributed by atoms with Crippen LogP contribution in [0.15, 0.2) is 86.7 Å². The van der Waals surface area contributed by atoms with Crippen LogP contribution >= 0.6 is 31.9 Å². The lowest BCUT2D eigenvalue weighted by molar-refractivity contribution is 0.242. The minimum atomic E-state index is -0.0219. The molecule has 1 N–H and O–H groups in total. The maximum absolute atomic E-state index is 6.04. The molecule has 0 radical (unpaired) electrons. The lowest BCUT2D eigenvalue weighted by Gasteiger charge is -2.20. The van der Waals surface area contributed by atoms with Crippen molar-refractivity contribution in [2.75, 3.05) is 0 Å². The summed E-state index contributed by atoms with van der Waals surface area (Å²) >= 11 is 7.06. The normalized spacial score (nSPS) is 18.4. The Hall–Kier alpha value is -2.11. The van der Waals surface area contributed by atoms with E-state index in [2.05, 4.69) is 91.8 Å². The predicted molar refractivity (Wildman–Crippen MR) is 126 cm³/mol. The molecule has 0 aromatic heterocycles. The van der Waals surface area contributed by atoms with Gasteiger partial charge in [0.1, 0.15) is 17.6 Å². The molecule has 1 aliphatic heterocycles. The number of hydrogen-bond donors (Lipinski definition) is 1. The Morgan fingerprint density at radius 3 is 2.03 bits per heavy atom. The molecular weight excluding hydrogens is 492 g/mol. The summed E-state index contributed by atoms with van der Waals surface area (Å²) in [5, 5.41) is 3.66. The summed E-state index contributed by atoms with van der Waals surface area (Å²) in [6, 6.07) is 24.9. The molecule has 3 nitrogen and oxygen atoms in total. The number of rotatable bonds is 5. The molecule has 0 bridgehead atoms. The van der Waals surface area contributed by atoms with Gasteiger partial charge in [0.2, 0.25) is 0 Å². The van der Waals surface area contributed by atoms with Gasteiger partial charge in [0.05, 0.1) is 17.7 Å². The number of aliphatic imine (C=N–C) groups is 1. The number of para-hydroxylation sites is 1. The minimum Gasteiger partial charge on any atom is -0.490 e. The molecule has 0 aliphatic carbocycles. The predicted octanol–water partition coefficient (Wildman–Crippen LogP) is 6.83. The molecule has 0 spiro atoms. The topological polar surface area (TPSA) is 33.6 Å². The average Bonchev–Trinajstić information content (AvgIpc) is 3.14. The third kappa shape index (κ3) is 4.57. The lowest BCUT2D eigenvalue weighted by atomic mass is 9.95. The van der Waals surface area contributed by atoms with E-state index >= 15 is 0 Å². The van der Waals surface area contributed by atoms with Gasteiger partial charge in [0.15, 0.2) is 0 Å². The van der Waals surface area contributed by atoms with Gasteiger partial charge in [-0.15, -0.1) is 0 Å². The largest absolute Gasteiger partial charge is 0.490 e. The number of ether oxygens (including phenoxy) is 1. The molecule has 4 rings (SSSR count). The summed E-state index contributed by atoms with van der Waals surface area (Å²) < 4.78 is 8.17. The van der Waals surface area contributed by atoms with Crippen molar-refractivity contribution in [3.8, 4) is 5.75 Å². The van der Waals surface area contributed by atoms with E-state index in [-0.39, 0.29) is 18.2 Å². The molecular formula is C24H22Br2N2O. The summed E-state index contributed by atoms with van der Waals surface area (Å²) in [5.74, 6) is 1.71. The Balaban J connectivity index is 1.75. The second-order valence-corrected chi connectivity index (χ2v) is 9.14. The highest BCUT2D eigenvalue weighted by molar-refractivity contribution is 9.10. The van der Waals surface area contributed by atoms with Gasteiger partial charge in [0.25, 0.3) is 0 Å². The van der Waals surface area contributed by atoms with Crippen LogP contribution in [0.5, 0.6) is 5.75 Å². The number of amidine groups is 1. The standard InChI is InChI=1S/C24H22Br2N2O/c1-15(2)29-21-6-4-3-5-20(21)24-27-22(16-7-11-18(25)12-8-16)23(28-24)17-9-13-19(26)14-10-17/h3-15,22-23H,1-2H3,(H,27,28)/t22-,23+. The van der Waals surface area contributed by atoms with Gasteiger partial charge in [-0.1, -0.05) is 68.3 Å². The lowest BCUT2D eigenvalue weighted by Crippen LogP contribution is -2.25. The second kappa shape index (κ2) is 8.72. The average molecular weight is 514 g/mol. The number of hydrogen-bond acceptors (Lipinski definition) is 3. The molecule has 0 saturated carbocycles. The van der Waals surface area contributed by atoms with Gasteiger partial charge in [-0.3, -0.25) is 4.99 Å². The molecule has 3 aromatic rings. The monoisotopic (exact) mass is 512 g/mol. The zero-order valence-electron chi connectivity index (χ0n) is 16.3. The summed E-state index contributed by atoms with van der Waals surface area (Å²) in [6.45, 7) is 4.08. The van der Waals surface area contributed by atoms with Crippen molar-refractivity contribution in [2.45, 2.75) is 32.0 Å². The van der Waals surface area contributed by atoms with Crippen molar-refractivity contribution in [3.63, 3.8) is 0 Å². The van der Waals surface area contributed by atoms with E-state index in [1.165, 1.54) is 11.1 Å². The number of benzene rings is 3. The van der Waals surface area contributed by atoms with Crippen molar-refractivity contribution in [1.82, 2.24) is 5.32 Å². The molecule has 148 valence electrons. The highest BCUT2D eigenvalue weighted by Crippen LogP contribution is 2.38. The SMILES string of the molecule is CC(C)Oc1ccccc1C1=N[C@@H](c2ccc(Br)cc2)[C@@H](c2ccc(Br)cc2)N1. The fourth-order valence-corrected chi connectivity index (χ4v) is 4.03. The molecule has 3 aromatic carbocycles. The second-order valence-electron chi connectivity index (χ2n) is 7.31. The first-order valence-corrected chi connectivity index (χ1v) is 11.2. The summed E-state index contributed by atoms with van der Waals surface area (Å²) in [5.41, 5.74) is 3.36. The van der Waals surface area contributed by atoms with Crippen LogP contribution < -0.4 is 10.1 Å². The van der Waals surface area contributed by atoms with Crippen molar-refractivity contribution in [3.05, 3.63) is 98.4 Å². The van der Waals surface area contributed by atoms with Crippen molar-refractivity contribution < 1.29 is 4.74 Å². The van der Waals surface area contributed by atoms with Crippen molar-refractivity contribution in [1.29, 1.82) is 0 Å². The smallest absolute Gasteiger partial charge is 0.133 e. The quantitative estimate of drug-likeness (QED) is 0.405. The van der Waals surface area contributed by atoms with E-state index in [4.69, 9.17) is 9.73 Å². The third-order valence-electron chi connectivity index (χ3n) is 4.82. The van der Waals surface area contributed by atoms with Crippen LogP contribution in [-0.4, -0.2) is 11.9 Å². The summed E-state index contributed by atoms with van der Waals surface area (Å²) in [7, 11) is 0. The zero-order chi connectivity index (χ0) is 20.4. The van der Waals surface area contributed by atoms with Gasteiger partial charge in [-0.05, 0) is 61.4 Å². The zero-order valence-corrected chi connectivity index (χ0v) is 19.4. The van der Waals surface area contributed by atoms with E-state index in [0.717, 1.165) is 26.1 Å². The van der Waals surface area contributed by atoms with Crippen LogP contribution in [0.25, 0.3) is 0 Å². The van der Waals surface area contributed by atoms with Gasteiger partial charge in [-0.2, -0.15) is 0 Å². The maximum atomic E-state index is 6.04. The first-order chi connectivity index (χ1) is 14.0. The van der Waals surface area contributed by atoms with Crippen LogP contribution in [0.1, 0.15) is 42.6 Å². The molecule has 1 heterocycles. The van der Waals surface area contributed by atoms with E-state index in [1.807, 2.05) is 32.0 Å². The first-order valence-electron chi connectivity index (χ1n) is 9.62. The number of halogens is 2. The maximum Gasteiger partial charge on any atom is 0.133 e. The van der Waals surface area contributed by atoms with Crippen LogP contribution in [0.3, 0.4) is 0 Å². The van der Waals surface area contributed by atoms with E-state index in [9.17, 15) is 0 Å². The molecule has 0 amide bonds. The van der Waals surface area contributed by atoms with Crippen molar-refractivity contribution in [2.24, 2.45) is 4.99 Å². The van der Waals surface area contributed by atoms with Crippen LogP contribution in [0.4, 0.5) is 0 Å². The van der Waals surface area contributed by atoms with Gasteiger partial charge >= 0.3 is 0 Å². The first kappa shape index (κ1) is 20.2. The highest BCUT2D eigenvalue weighted by Gasteiger charge is 2.32. The van der Waals surface area contributed by atoms with Gasteiger partial charge in [-0.25, -0.2) is 0 Å². The minimum absolute atomic E-state index is 0.0219. The fraction of sp³-hybridized carbons (Fsp3) is 0.208. The Labute approximate surface area is 188 Å². The third-order valence-corrected chi connectivity index (χ3v) is 5.88. The molecule has 29 heavy (non-hydrogen) atoms. The van der Waals surface area contributed by atoms with E-state index < -0.39 is 0 Å². The molecule has 0 fully saturated rings. The number of nitrogens with one attached hydrogen (secondary N) is 1. The molecule has 0 saturated heterocycles. The fourth-order valence-electron chi connectivity index (χ4n) is 3.51. The molecule has 2 atom stereocenters. The van der Waals surface area contributed by atoms with Crippen LogP contribution in [-0.2, 0) is 0 Å². The van der Waals surface area contributed by atoms with E-state index in [0.29, 0.717) is 0 Å². The number of nitrogens with zero attached hydrogens (tertiary/aromatic N) is 1. The molecule has 0 unspecified atom stereocenters. The Morgan fingerprint density at radius 2 is 1.41 bits per heavy atom. The summed E-state index contributed by atoms with van der Waals surface area (Å²) in [6.07, 6.45) is 0.0997. The van der Waals surface area contributed by atoms with Gasteiger partial charge < -0.3 is 10.1 Å². The Bertz CT molecular complexity index is 1010. The van der Waals surface area contributed by atoms with Crippen LogP contribution in [0, 0.1) is 0 Å². The highest BCUT2D eigenvalue weighted by atomic mass is 79.9. The molecule has 5 heteroatoms. The Kier molecular flexibility index (Phi) is 6.07. The Morgan fingerprint density at radius 1 is 0.828 bits per heavy atom. The molecule has 1 aliphatic rings. The van der Waals surface area contributed by atoms with Crippen molar-refractivity contribution >= 4 is 37.7 Å². The van der Waals surface area contributed by atoms with Gasteiger partial charge in [0, 0.05) is 8.95 Å². The van der Waals surface area contributed by atoms with E-state index in [1.54, 1.807) is 0 Å². The van der Waals surface area contributed by atoms with Crippen LogP contribution in [0.2, 0.25) is 0 Å².